The molecule has 1 radical (unpaired) electrons. The molecule has 7 heteroatoms. The molecule has 3 aromatic rings. The average Bonchev–Trinajstić information content (AvgIpc) is 2.81. The standard InChI is InChI=1S/C26H26O6P/c1-15-13-16(2)22(17(3)14-15)26(28)33(29)21-10-8-7-9-18(21)24(27)23-19(30-4)11-12-20(31-5)25(23)32-6/h7-14H,1-6H3. The van der Waals surface area contributed by atoms with Crippen molar-refractivity contribution in [2.75, 3.05) is 21.3 Å². The van der Waals surface area contributed by atoms with Crippen molar-refractivity contribution in [2.45, 2.75) is 20.8 Å². The second-order valence-electron chi connectivity index (χ2n) is 7.60. The highest BCUT2D eigenvalue weighted by atomic mass is 31.1. The highest BCUT2D eigenvalue weighted by molar-refractivity contribution is 7.71. The van der Waals surface area contributed by atoms with Crippen LogP contribution in [0.5, 0.6) is 17.2 Å². The van der Waals surface area contributed by atoms with Gasteiger partial charge < -0.3 is 14.2 Å². The minimum Gasteiger partial charge on any atom is -0.496 e. The summed E-state index contributed by atoms with van der Waals surface area (Å²) in [6, 6.07) is 13.4. The number of carbonyl (C=O) groups is 2. The first kappa shape index (κ1) is 24.1. The molecule has 0 bridgehead atoms. The minimum atomic E-state index is -2.56. The maximum Gasteiger partial charge on any atom is 0.247 e. The highest BCUT2D eigenvalue weighted by Crippen LogP contribution is 2.39. The summed E-state index contributed by atoms with van der Waals surface area (Å²) in [5.74, 6) is 0.347. The van der Waals surface area contributed by atoms with Crippen molar-refractivity contribution in [2.24, 2.45) is 0 Å². The summed E-state index contributed by atoms with van der Waals surface area (Å²) < 4.78 is 29.7. The maximum absolute atomic E-state index is 13.7. The Morgan fingerprint density at radius 3 is 1.91 bits per heavy atom. The third-order valence-electron chi connectivity index (χ3n) is 5.40. The molecule has 0 heterocycles. The van der Waals surface area contributed by atoms with Gasteiger partial charge in [-0.3, -0.25) is 14.2 Å². The van der Waals surface area contributed by atoms with Gasteiger partial charge in [0.25, 0.3) is 0 Å². The van der Waals surface area contributed by atoms with Crippen LogP contribution in [-0.4, -0.2) is 32.6 Å². The molecule has 0 aliphatic heterocycles. The van der Waals surface area contributed by atoms with Crippen LogP contribution in [0.2, 0.25) is 0 Å². The largest absolute Gasteiger partial charge is 0.496 e. The number of rotatable bonds is 8. The highest BCUT2D eigenvalue weighted by Gasteiger charge is 2.29. The first-order valence-electron chi connectivity index (χ1n) is 10.3. The Morgan fingerprint density at radius 2 is 1.33 bits per heavy atom. The number of hydrogen-bond donors (Lipinski definition) is 0. The lowest BCUT2D eigenvalue weighted by Gasteiger charge is -2.16. The monoisotopic (exact) mass is 465 g/mol. The fourth-order valence-corrected chi connectivity index (χ4v) is 5.39. The molecule has 0 aliphatic rings. The van der Waals surface area contributed by atoms with Gasteiger partial charge in [0.2, 0.25) is 11.3 Å². The molecule has 0 saturated heterocycles. The molecule has 0 saturated carbocycles. The van der Waals surface area contributed by atoms with E-state index in [1.54, 1.807) is 36.4 Å². The summed E-state index contributed by atoms with van der Waals surface area (Å²) in [6.07, 6.45) is 0. The third-order valence-corrected chi connectivity index (χ3v) is 6.82. The van der Waals surface area contributed by atoms with Crippen molar-refractivity contribution in [3.8, 4) is 17.2 Å². The average molecular weight is 465 g/mol. The maximum atomic E-state index is 13.7. The smallest absolute Gasteiger partial charge is 0.247 e. The molecule has 6 nitrogen and oxygen atoms in total. The number of carbonyl (C=O) groups excluding carboxylic acids is 2. The van der Waals surface area contributed by atoms with Crippen LogP contribution in [0.1, 0.15) is 43.0 Å². The van der Waals surface area contributed by atoms with Gasteiger partial charge in [0.05, 0.1) is 26.6 Å². The van der Waals surface area contributed by atoms with Gasteiger partial charge >= 0.3 is 0 Å². The molecule has 33 heavy (non-hydrogen) atoms. The zero-order valence-corrected chi connectivity index (χ0v) is 20.4. The Kier molecular flexibility index (Phi) is 7.29. The number of benzene rings is 3. The Balaban J connectivity index is 2.15. The van der Waals surface area contributed by atoms with Crippen LogP contribution in [0.3, 0.4) is 0 Å². The van der Waals surface area contributed by atoms with Crippen LogP contribution < -0.4 is 19.5 Å². The summed E-state index contributed by atoms with van der Waals surface area (Å²) in [6.45, 7) is 5.58. The van der Waals surface area contributed by atoms with Crippen LogP contribution in [0.15, 0.2) is 48.5 Å². The van der Waals surface area contributed by atoms with Gasteiger partial charge in [0, 0.05) is 11.1 Å². The van der Waals surface area contributed by atoms with Gasteiger partial charge in [-0.25, -0.2) is 0 Å². The molecule has 1 unspecified atom stereocenters. The van der Waals surface area contributed by atoms with E-state index in [2.05, 4.69) is 0 Å². The van der Waals surface area contributed by atoms with Crippen molar-refractivity contribution < 1.29 is 28.4 Å². The molecular formula is C26H26O6P. The number of methoxy groups -OCH3 is 3. The van der Waals surface area contributed by atoms with Crippen molar-refractivity contribution in [3.63, 3.8) is 0 Å². The molecule has 0 amide bonds. The van der Waals surface area contributed by atoms with Crippen LogP contribution in [0.25, 0.3) is 0 Å². The van der Waals surface area contributed by atoms with E-state index in [9.17, 15) is 14.2 Å². The Bertz CT molecular complexity index is 1240. The molecule has 0 aliphatic carbocycles. The van der Waals surface area contributed by atoms with E-state index in [1.165, 1.54) is 21.3 Å². The van der Waals surface area contributed by atoms with Crippen LogP contribution >= 0.6 is 7.80 Å². The topological polar surface area (TPSA) is 78.9 Å². The van der Waals surface area contributed by atoms with E-state index < -0.39 is 19.1 Å². The van der Waals surface area contributed by atoms with Gasteiger partial charge in [-0.2, -0.15) is 0 Å². The zero-order chi connectivity index (χ0) is 24.3. The van der Waals surface area contributed by atoms with E-state index in [0.717, 1.165) is 16.7 Å². The predicted molar refractivity (Wildman–Crippen MR) is 128 cm³/mol. The predicted octanol–water partition coefficient (Wildman–Crippen LogP) is 5.16. The first-order valence-corrected chi connectivity index (χ1v) is 11.5. The lowest BCUT2D eigenvalue weighted by Crippen LogP contribution is -2.18. The van der Waals surface area contributed by atoms with Crippen molar-refractivity contribution in [1.82, 2.24) is 0 Å². The summed E-state index contributed by atoms with van der Waals surface area (Å²) in [4.78, 5) is 27.0. The van der Waals surface area contributed by atoms with Crippen LogP contribution in [-0.2, 0) is 4.57 Å². The number of hydrogen-bond acceptors (Lipinski definition) is 6. The molecule has 0 N–H and O–H groups in total. The van der Waals surface area contributed by atoms with Gasteiger partial charge in [-0.05, 0) is 56.2 Å². The van der Waals surface area contributed by atoms with E-state index in [-0.39, 0.29) is 27.9 Å². The summed E-state index contributed by atoms with van der Waals surface area (Å²) in [7, 11) is 1.77. The quantitative estimate of drug-likeness (QED) is 0.338. The van der Waals surface area contributed by atoms with E-state index in [0.29, 0.717) is 11.3 Å². The lowest BCUT2D eigenvalue weighted by atomic mass is 10.0. The molecule has 0 fully saturated rings. The fourth-order valence-electron chi connectivity index (χ4n) is 4.00. The van der Waals surface area contributed by atoms with Crippen molar-refractivity contribution >= 4 is 24.4 Å². The third kappa shape index (κ3) is 4.53. The van der Waals surface area contributed by atoms with Gasteiger partial charge in [-0.1, -0.05) is 29.8 Å². The second kappa shape index (κ2) is 9.97. The summed E-state index contributed by atoms with van der Waals surface area (Å²) in [5, 5.41) is 0.161. The zero-order valence-electron chi connectivity index (χ0n) is 19.5. The summed E-state index contributed by atoms with van der Waals surface area (Å²) >= 11 is 0. The van der Waals surface area contributed by atoms with Crippen LogP contribution in [0, 0.1) is 20.8 Å². The molecule has 171 valence electrons. The van der Waals surface area contributed by atoms with Gasteiger partial charge in [0.15, 0.2) is 19.3 Å². The SMILES string of the molecule is COc1ccc(OC)c(C(=O)c2ccccc2[P](=O)C(=O)c2c(C)cc(C)cc2C)c1OC. The van der Waals surface area contributed by atoms with E-state index >= 15 is 0 Å². The molecule has 1 atom stereocenters. The molecule has 0 spiro atoms. The molecule has 3 rings (SSSR count). The Morgan fingerprint density at radius 1 is 0.758 bits per heavy atom. The molecule has 0 aromatic heterocycles. The second-order valence-corrected chi connectivity index (χ2v) is 9.07. The number of ether oxygens (including phenoxy) is 3. The lowest BCUT2D eigenvalue weighted by molar-refractivity contribution is 0.103. The van der Waals surface area contributed by atoms with Crippen molar-refractivity contribution in [1.29, 1.82) is 0 Å². The Hall–Kier alpha value is -3.50. The minimum absolute atomic E-state index is 0.130. The molecular weight excluding hydrogens is 439 g/mol. The first-order chi connectivity index (χ1) is 15.7. The van der Waals surface area contributed by atoms with E-state index in [1.807, 2.05) is 32.9 Å². The number of ketones is 1. The fraction of sp³-hybridized carbons (Fsp3) is 0.231. The van der Waals surface area contributed by atoms with Gasteiger partial charge in [-0.15, -0.1) is 0 Å². The van der Waals surface area contributed by atoms with Crippen molar-refractivity contribution in [3.05, 3.63) is 81.9 Å². The summed E-state index contributed by atoms with van der Waals surface area (Å²) in [5.41, 5.74) is 2.70. The molecule has 3 aromatic carbocycles. The van der Waals surface area contributed by atoms with Crippen LogP contribution in [0.4, 0.5) is 0 Å². The Labute approximate surface area is 194 Å². The number of aryl methyl sites for hydroxylation is 3. The van der Waals surface area contributed by atoms with Gasteiger partial charge in [0.1, 0.15) is 11.3 Å². The van der Waals surface area contributed by atoms with E-state index in [4.69, 9.17) is 14.2 Å². The normalized spacial score (nSPS) is 11.0.